The zero-order chi connectivity index (χ0) is 14.8. The van der Waals surface area contributed by atoms with E-state index in [1.165, 1.54) is 31.2 Å². The maximum Gasteiger partial charge on any atom is 0.335 e. The van der Waals surface area contributed by atoms with Crippen LogP contribution in [0, 0.1) is 5.92 Å². The SMILES string of the molecule is COc1cc(C=CC(=O)OC2=C3CCC(C3)C2)ccc1O. The fraction of sp³-hybridized carbons (Fsp3) is 0.353. The third kappa shape index (κ3) is 2.94. The molecule has 0 heterocycles. The molecule has 2 aliphatic rings. The van der Waals surface area contributed by atoms with Gasteiger partial charge < -0.3 is 14.6 Å². The fourth-order valence-electron chi connectivity index (χ4n) is 3.00. The van der Waals surface area contributed by atoms with E-state index in [-0.39, 0.29) is 11.7 Å². The van der Waals surface area contributed by atoms with Crippen molar-refractivity contribution in [2.24, 2.45) is 5.92 Å². The Morgan fingerprint density at radius 3 is 2.90 bits per heavy atom. The van der Waals surface area contributed by atoms with Crippen LogP contribution in [0.2, 0.25) is 0 Å². The number of fused-ring (bicyclic) bond motifs is 2. The normalized spacial score (nSPS) is 20.3. The number of carbonyl (C=O) groups excluding carboxylic acids is 1. The van der Waals surface area contributed by atoms with E-state index in [9.17, 15) is 9.90 Å². The van der Waals surface area contributed by atoms with E-state index in [0.29, 0.717) is 11.7 Å². The van der Waals surface area contributed by atoms with Gasteiger partial charge >= 0.3 is 5.97 Å². The van der Waals surface area contributed by atoms with E-state index in [0.717, 1.165) is 30.6 Å². The molecule has 1 atom stereocenters. The largest absolute Gasteiger partial charge is 0.504 e. The van der Waals surface area contributed by atoms with Gasteiger partial charge in [-0.05, 0) is 54.5 Å². The topological polar surface area (TPSA) is 55.8 Å². The number of phenols is 1. The lowest BCUT2D eigenvalue weighted by Gasteiger charge is -2.10. The molecule has 2 bridgehead atoms. The molecule has 2 aliphatic carbocycles. The summed E-state index contributed by atoms with van der Waals surface area (Å²) in [6.45, 7) is 0. The number of hydrogen-bond donors (Lipinski definition) is 1. The second-order valence-electron chi connectivity index (χ2n) is 5.53. The first-order chi connectivity index (χ1) is 10.2. The van der Waals surface area contributed by atoms with Crippen LogP contribution in [0.5, 0.6) is 11.5 Å². The van der Waals surface area contributed by atoms with E-state index < -0.39 is 0 Å². The Bertz CT molecular complexity index is 628. The Kier molecular flexibility index (Phi) is 3.69. The Hall–Kier alpha value is -2.23. The molecule has 1 fully saturated rings. The molecule has 110 valence electrons. The number of aromatic hydroxyl groups is 1. The molecule has 0 aromatic heterocycles. The summed E-state index contributed by atoms with van der Waals surface area (Å²) in [5, 5.41) is 9.52. The van der Waals surface area contributed by atoms with Crippen molar-refractivity contribution in [3.05, 3.63) is 41.2 Å². The lowest BCUT2D eigenvalue weighted by atomic mass is 10.1. The number of benzene rings is 1. The van der Waals surface area contributed by atoms with Crippen LogP contribution in [0.1, 0.15) is 31.2 Å². The van der Waals surface area contributed by atoms with Gasteiger partial charge in [0.1, 0.15) is 5.76 Å². The monoisotopic (exact) mass is 286 g/mol. The molecule has 0 aliphatic heterocycles. The number of allylic oxidation sites excluding steroid dienone is 2. The van der Waals surface area contributed by atoms with Crippen LogP contribution in [0.3, 0.4) is 0 Å². The summed E-state index contributed by atoms with van der Waals surface area (Å²) in [5.41, 5.74) is 2.08. The summed E-state index contributed by atoms with van der Waals surface area (Å²) in [6.07, 6.45) is 7.38. The average Bonchev–Trinajstić information content (AvgIpc) is 3.09. The second-order valence-corrected chi connectivity index (χ2v) is 5.53. The van der Waals surface area contributed by atoms with Gasteiger partial charge in [-0.25, -0.2) is 4.79 Å². The zero-order valence-corrected chi connectivity index (χ0v) is 12.0. The number of ether oxygens (including phenoxy) is 2. The van der Waals surface area contributed by atoms with E-state index >= 15 is 0 Å². The number of carbonyl (C=O) groups is 1. The van der Waals surface area contributed by atoms with Crippen molar-refractivity contribution in [2.75, 3.05) is 7.11 Å². The molecule has 1 saturated carbocycles. The quantitative estimate of drug-likeness (QED) is 0.680. The summed E-state index contributed by atoms with van der Waals surface area (Å²) < 4.78 is 10.4. The second kappa shape index (κ2) is 5.64. The minimum absolute atomic E-state index is 0.0752. The first kappa shape index (κ1) is 13.7. The number of hydrogen-bond acceptors (Lipinski definition) is 4. The van der Waals surface area contributed by atoms with E-state index in [1.807, 2.05) is 0 Å². The molecular formula is C17H18O4. The number of esters is 1. The lowest BCUT2D eigenvalue weighted by Crippen LogP contribution is -2.04. The number of methoxy groups -OCH3 is 1. The smallest absolute Gasteiger partial charge is 0.335 e. The van der Waals surface area contributed by atoms with Gasteiger partial charge in [0.25, 0.3) is 0 Å². The standard InChI is InChI=1S/C17H18O4/c1-20-16-9-11(3-6-14(16)18)4-7-17(19)21-15-10-12-2-5-13(15)8-12/h3-4,6-7,9,12,18H,2,5,8,10H2,1H3. The van der Waals surface area contributed by atoms with E-state index in [1.54, 1.807) is 18.2 Å². The Balaban J connectivity index is 1.64. The summed E-state index contributed by atoms with van der Waals surface area (Å²) >= 11 is 0. The van der Waals surface area contributed by atoms with Gasteiger partial charge in [-0.15, -0.1) is 0 Å². The van der Waals surface area contributed by atoms with Crippen LogP contribution in [0.4, 0.5) is 0 Å². The number of rotatable bonds is 4. The maximum absolute atomic E-state index is 11.8. The van der Waals surface area contributed by atoms with Crippen molar-refractivity contribution in [2.45, 2.75) is 25.7 Å². The molecule has 0 radical (unpaired) electrons. The minimum atomic E-state index is -0.350. The van der Waals surface area contributed by atoms with Crippen molar-refractivity contribution in [1.82, 2.24) is 0 Å². The van der Waals surface area contributed by atoms with E-state index in [2.05, 4.69) is 0 Å². The maximum atomic E-state index is 11.8. The summed E-state index contributed by atoms with van der Waals surface area (Å²) in [4.78, 5) is 11.8. The first-order valence-corrected chi connectivity index (χ1v) is 7.13. The predicted molar refractivity (Wildman–Crippen MR) is 78.8 cm³/mol. The van der Waals surface area contributed by atoms with Crippen LogP contribution >= 0.6 is 0 Å². The van der Waals surface area contributed by atoms with Gasteiger partial charge in [0.05, 0.1) is 7.11 Å². The molecule has 3 rings (SSSR count). The van der Waals surface area contributed by atoms with Gasteiger partial charge in [0, 0.05) is 12.5 Å². The summed E-state index contributed by atoms with van der Waals surface area (Å²) in [7, 11) is 1.49. The van der Waals surface area contributed by atoms with Crippen molar-refractivity contribution in [3.8, 4) is 11.5 Å². The highest BCUT2D eigenvalue weighted by atomic mass is 16.5. The van der Waals surface area contributed by atoms with Crippen molar-refractivity contribution in [3.63, 3.8) is 0 Å². The van der Waals surface area contributed by atoms with Crippen molar-refractivity contribution in [1.29, 1.82) is 0 Å². The van der Waals surface area contributed by atoms with Crippen LogP contribution < -0.4 is 4.74 Å². The Morgan fingerprint density at radius 1 is 1.38 bits per heavy atom. The molecule has 0 spiro atoms. The highest BCUT2D eigenvalue weighted by Crippen LogP contribution is 2.44. The predicted octanol–water partition coefficient (Wildman–Crippen LogP) is 3.42. The number of phenolic OH excluding ortho intramolecular Hbond substituents is 1. The van der Waals surface area contributed by atoms with Gasteiger partial charge in [-0.3, -0.25) is 0 Å². The highest BCUT2D eigenvalue weighted by molar-refractivity contribution is 5.88. The van der Waals surface area contributed by atoms with Crippen molar-refractivity contribution < 1.29 is 19.4 Å². The van der Waals surface area contributed by atoms with E-state index in [4.69, 9.17) is 9.47 Å². The zero-order valence-electron chi connectivity index (χ0n) is 12.0. The molecule has 4 heteroatoms. The molecule has 1 N–H and O–H groups in total. The molecule has 0 saturated heterocycles. The van der Waals surface area contributed by atoms with Crippen LogP contribution in [0.25, 0.3) is 6.08 Å². The summed E-state index contributed by atoms with van der Waals surface area (Å²) in [6, 6.07) is 4.91. The third-order valence-corrected chi connectivity index (χ3v) is 4.10. The molecular weight excluding hydrogens is 268 g/mol. The molecule has 4 nitrogen and oxygen atoms in total. The van der Waals surface area contributed by atoms with Gasteiger partial charge in [0.15, 0.2) is 11.5 Å². The lowest BCUT2D eigenvalue weighted by molar-refractivity contribution is -0.134. The minimum Gasteiger partial charge on any atom is -0.504 e. The van der Waals surface area contributed by atoms with Gasteiger partial charge in [-0.2, -0.15) is 0 Å². The summed E-state index contributed by atoms with van der Waals surface area (Å²) in [5.74, 6) is 1.67. The fourth-order valence-corrected chi connectivity index (χ4v) is 3.00. The Morgan fingerprint density at radius 2 is 2.24 bits per heavy atom. The van der Waals surface area contributed by atoms with Gasteiger partial charge in [-0.1, -0.05) is 6.07 Å². The van der Waals surface area contributed by atoms with Crippen molar-refractivity contribution >= 4 is 12.0 Å². The van der Waals surface area contributed by atoms with Crippen LogP contribution in [0.15, 0.2) is 35.6 Å². The molecule has 0 amide bonds. The molecule has 1 aromatic rings. The average molecular weight is 286 g/mol. The van der Waals surface area contributed by atoms with Crippen LogP contribution in [-0.2, 0) is 9.53 Å². The molecule has 21 heavy (non-hydrogen) atoms. The third-order valence-electron chi connectivity index (χ3n) is 4.10. The Labute approximate surface area is 123 Å². The molecule has 1 unspecified atom stereocenters. The highest BCUT2D eigenvalue weighted by Gasteiger charge is 2.32. The molecule has 1 aromatic carbocycles. The van der Waals surface area contributed by atoms with Gasteiger partial charge in [0.2, 0.25) is 0 Å². The van der Waals surface area contributed by atoms with Crippen LogP contribution in [-0.4, -0.2) is 18.2 Å². The first-order valence-electron chi connectivity index (χ1n) is 7.13.